The maximum absolute atomic E-state index is 12.2. The molecule has 0 aromatic heterocycles. The Morgan fingerprint density at radius 3 is 2.41 bits per heavy atom. The van der Waals surface area contributed by atoms with E-state index in [0.29, 0.717) is 23.6 Å². The number of benzene rings is 2. The largest absolute Gasteiger partial charge is 0.480 e. The van der Waals surface area contributed by atoms with E-state index in [9.17, 15) is 9.59 Å². The van der Waals surface area contributed by atoms with Gasteiger partial charge < -0.3 is 15.2 Å². The molecule has 1 unspecified atom stereocenters. The van der Waals surface area contributed by atoms with Gasteiger partial charge in [-0.2, -0.15) is 0 Å². The first-order valence-electron chi connectivity index (χ1n) is 8.59. The molecule has 0 heterocycles. The number of anilines is 1. The summed E-state index contributed by atoms with van der Waals surface area (Å²) in [6.07, 6.45) is 1.19. The molecule has 0 saturated carbocycles. The number of aryl methyl sites for hydroxylation is 1. The third-order valence-electron chi connectivity index (χ3n) is 3.79. The third kappa shape index (κ3) is 7.29. The number of ether oxygens (including phenoxy) is 1. The van der Waals surface area contributed by atoms with Crippen molar-refractivity contribution in [1.82, 2.24) is 5.32 Å². The fourth-order valence-electron chi connectivity index (χ4n) is 2.40. The Labute approximate surface area is 165 Å². The molecule has 0 aliphatic rings. The van der Waals surface area contributed by atoms with Crippen molar-refractivity contribution in [3.05, 3.63) is 54.1 Å². The molecule has 3 N–H and O–H groups in total. The highest BCUT2D eigenvalue weighted by molar-refractivity contribution is 5.94. The maximum atomic E-state index is 12.2. The Hall–Kier alpha value is -2.57. The summed E-state index contributed by atoms with van der Waals surface area (Å²) in [6, 6.07) is 14.0. The van der Waals surface area contributed by atoms with E-state index in [4.69, 9.17) is 9.84 Å². The number of amides is 1. The van der Waals surface area contributed by atoms with Gasteiger partial charge in [-0.05, 0) is 37.6 Å². The first-order valence-corrected chi connectivity index (χ1v) is 8.59. The van der Waals surface area contributed by atoms with Gasteiger partial charge in [-0.25, -0.2) is 0 Å². The Balaban J connectivity index is 0.00000364. The van der Waals surface area contributed by atoms with Gasteiger partial charge in [0.05, 0.1) is 12.2 Å². The summed E-state index contributed by atoms with van der Waals surface area (Å²) in [5, 5.41) is 14.6. The lowest BCUT2D eigenvalue weighted by atomic mass is 10.1. The molecule has 2 aromatic rings. The predicted molar refractivity (Wildman–Crippen MR) is 108 cm³/mol. The Kier molecular flexibility index (Phi) is 9.33. The highest BCUT2D eigenvalue weighted by atomic mass is 35.5. The molecule has 2 rings (SSSR count). The van der Waals surface area contributed by atoms with Gasteiger partial charge in [0.25, 0.3) is 0 Å². The standard InChI is InChI=1S/C20H24N2O4.ClH/c1-3-6-17(20(24)25)21-13-19(23)22-16-7-4-5-8-18(16)26-15-11-9-14(2)10-12-15;/h4-5,7-12,17,21H,3,6,13H2,1-2H3,(H,22,23)(H,24,25);1H. The van der Waals surface area contributed by atoms with Crippen LogP contribution >= 0.6 is 12.4 Å². The molecule has 27 heavy (non-hydrogen) atoms. The van der Waals surface area contributed by atoms with Crippen molar-refractivity contribution >= 4 is 30.0 Å². The first-order chi connectivity index (χ1) is 12.5. The molecular formula is C20H25ClN2O4. The molecule has 7 heteroatoms. The molecule has 0 aliphatic carbocycles. The number of carboxylic acids is 1. The fourth-order valence-corrected chi connectivity index (χ4v) is 2.40. The summed E-state index contributed by atoms with van der Waals surface area (Å²) in [5.41, 5.74) is 1.66. The smallest absolute Gasteiger partial charge is 0.320 e. The van der Waals surface area contributed by atoms with Crippen molar-refractivity contribution in [3.63, 3.8) is 0 Å². The van der Waals surface area contributed by atoms with E-state index in [1.807, 2.05) is 44.2 Å². The van der Waals surface area contributed by atoms with Crippen molar-refractivity contribution in [2.75, 3.05) is 11.9 Å². The Bertz CT molecular complexity index is 750. The number of para-hydroxylation sites is 2. The van der Waals surface area contributed by atoms with Crippen LogP contribution < -0.4 is 15.4 Å². The van der Waals surface area contributed by atoms with Gasteiger partial charge in [-0.15, -0.1) is 12.4 Å². The molecule has 1 atom stereocenters. The van der Waals surface area contributed by atoms with Crippen molar-refractivity contribution in [3.8, 4) is 11.5 Å². The first kappa shape index (κ1) is 22.5. The number of carbonyl (C=O) groups is 2. The molecule has 146 valence electrons. The van der Waals surface area contributed by atoms with Crippen LogP contribution in [0.25, 0.3) is 0 Å². The number of aliphatic carboxylic acids is 1. The monoisotopic (exact) mass is 392 g/mol. The second-order valence-corrected chi connectivity index (χ2v) is 6.02. The zero-order valence-corrected chi connectivity index (χ0v) is 16.2. The van der Waals surface area contributed by atoms with E-state index in [-0.39, 0.29) is 24.9 Å². The lowest BCUT2D eigenvalue weighted by Crippen LogP contribution is -2.41. The van der Waals surface area contributed by atoms with Crippen LogP contribution in [0.4, 0.5) is 5.69 Å². The maximum Gasteiger partial charge on any atom is 0.320 e. The molecule has 0 radical (unpaired) electrons. The van der Waals surface area contributed by atoms with Gasteiger partial charge in [0.1, 0.15) is 11.8 Å². The van der Waals surface area contributed by atoms with Crippen molar-refractivity contribution < 1.29 is 19.4 Å². The van der Waals surface area contributed by atoms with Crippen LogP contribution in [0.1, 0.15) is 25.3 Å². The van der Waals surface area contributed by atoms with Crippen LogP contribution in [0.5, 0.6) is 11.5 Å². The van der Waals surface area contributed by atoms with Crippen LogP contribution in [-0.2, 0) is 9.59 Å². The van der Waals surface area contributed by atoms with Gasteiger partial charge in [0.2, 0.25) is 5.91 Å². The molecule has 0 aliphatic heterocycles. The van der Waals surface area contributed by atoms with Gasteiger partial charge in [-0.3, -0.25) is 14.9 Å². The molecule has 1 amide bonds. The van der Waals surface area contributed by atoms with Crippen molar-refractivity contribution in [2.24, 2.45) is 0 Å². The van der Waals surface area contributed by atoms with E-state index in [0.717, 1.165) is 12.0 Å². The van der Waals surface area contributed by atoms with Crippen LogP contribution in [0.3, 0.4) is 0 Å². The van der Waals surface area contributed by atoms with Crippen LogP contribution in [-0.4, -0.2) is 29.6 Å². The lowest BCUT2D eigenvalue weighted by Gasteiger charge is -2.15. The number of halogens is 1. The fraction of sp³-hybridized carbons (Fsp3) is 0.300. The van der Waals surface area contributed by atoms with E-state index < -0.39 is 12.0 Å². The van der Waals surface area contributed by atoms with E-state index >= 15 is 0 Å². The molecule has 6 nitrogen and oxygen atoms in total. The average Bonchev–Trinajstić information content (AvgIpc) is 2.62. The van der Waals surface area contributed by atoms with Gasteiger partial charge in [0, 0.05) is 0 Å². The Morgan fingerprint density at radius 2 is 1.78 bits per heavy atom. The van der Waals surface area contributed by atoms with Gasteiger partial charge in [-0.1, -0.05) is 43.2 Å². The summed E-state index contributed by atoms with van der Waals surface area (Å²) in [7, 11) is 0. The van der Waals surface area contributed by atoms with Gasteiger partial charge >= 0.3 is 5.97 Å². The summed E-state index contributed by atoms with van der Waals surface area (Å²) in [6.45, 7) is 3.81. The van der Waals surface area contributed by atoms with E-state index in [2.05, 4.69) is 10.6 Å². The summed E-state index contributed by atoms with van der Waals surface area (Å²) >= 11 is 0. The summed E-state index contributed by atoms with van der Waals surface area (Å²) < 4.78 is 5.84. The van der Waals surface area contributed by atoms with Crippen LogP contribution in [0.2, 0.25) is 0 Å². The SMILES string of the molecule is CCCC(NCC(=O)Nc1ccccc1Oc1ccc(C)cc1)C(=O)O.Cl. The number of carbonyl (C=O) groups excluding carboxylic acids is 1. The molecule has 0 bridgehead atoms. The second kappa shape index (κ2) is 11.2. The highest BCUT2D eigenvalue weighted by Crippen LogP contribution is 2.29. The summed E-state index contributed by atoms with van der Waals surface area (Å²) in [5.74, 6) is -0.0904. The molecule has 0 saturated heterocycles. The van der Waals surface area contributed by atoms with E-state index in [1.54, 1.807) is 18.2 Å². The number of nitrogens with one attached hydrogen (secondary N) is 2. The topological polar surface area (TPSA) is 87.7 Å². The van der Waals surface area contributed by atoms with Crippen molar-refractivity contribution in [1.29, 1.82) is 0 Å². The number of carboxylic acid groups (broad SMARTS) is 1. The highest BCUT2D eigenvalue weighted by Gasteiger charge is 2.17. The van der Waals surface area contributed by atoms with Gasteiger partial charge in [0.15, 0.2) is 5.75 Å². The summed E-state index contributed by atoms with van der Waals surface area (Å²) in [4.78, 5) is 23.3. The lowest BCUT2D eigenvalue weighted by molar-refractivity contribution is -0.139. The molecule has 0 fully saturated rings. The Morgan fingerprint density at radius 1 is 1.11 bits per heavy atom. The molecular weight excluding hydrogens is 368 g/mol. The zero-order chi connectivity index (χ0) is 18.9. The normalized spacial score (nSPS) is 11.2. The quantitative estimate of drug-likeness (QED) is 0.600. The number of hydrogen-bond acceptors (Lipinski definition) is 4. The zero-order valence-electron chi connectivity index (χ0n) is 15.4. The van der Waals surface area contributed by atoms with Crippen LogP contribution in [0, 0.1) is 6.92 Å². The molecule has 2 aromatic carbocycles. The van der Waals surface area contributed by atoms with Crippen LogP contribution in [0.15, 0.2) is 48.5 Å². The molecule has 0 spiro atoms. The minimum atomic E-state index is -0.956. The van der Waals surface area contributed by atoms with E-state index in [1.165, 1.54) is 0 Å². The third-order valence-corrected chi connectivity index (χ3v) is 3.79. The second-order valence-electron chi connectivity index (χ2n) is 6.02. The number of rotatable bonds is 9. The minimum Gasteiger partial charge on any atom is -0.480 e. The predicted octanol–water partition coefficient (Wildman–Crippen LogP) is 3.99. The average molecular weight is 393 g/mol. The minimum absolute atomic E-state index is 0. The van der Waals surface area contributed by atoms with Crippen molar-refractivity contribution in [2.45, 2.75) is 32.7 Å². The number of hydrogen-bond donors (Lipinski definition) is 3.